The molecule has 4 rings (SSSR count). The number of ether oxygens (including phenoxy) is 3. The molecule has 0 atom stereocenters. The highest BCUT2D eigenvalue weighted by Gasteiger charge is 2.28. The smallest absolute Gasteiger partial charge is 0.410 e. The number of methoxy groups -OCH3 is 1. The lowest BCUT2D eigenvalue weighted by molar-refractivity contribution is 0.0166. The first-order chi connectivity index (χ1) is 19.4. The Morgan fingerprint density at radius 2 is 1.63 bits per heavy atom. The summed E-state index contributed by atoms with van der Waals surface area (Å²) in [6.45, 7) is 6.99. The van der Waals surface area contributed by atoms with Crippen molar-refractivity contribution in [3.05, 3.63) is 82.7 Å². The van der Waals surface area contributed by atoms with E-state index in [4.69, 9.17) is 14.2 Å². The van der Waals surface area contributed by atoms with Crippen molar-refractivity contribution >= 4 is 12.0 Å². The number of carbonyl (C=O) groups is 1. The fourth-order valence-electron chi connectivity index (χ4n) is 4.15. The number of hydrogen-bond donors (Lipinski definition) is 1. The number of nitrogens with zero attached hydrogens (tertiary/aromatic N) is 4. The lowest BCUT2D eigenvalue weighted by Gasteiger charge is -2.38. The number of aromatic nitrogens is 2. The number of carbonyl (C=O) groups excluding carboxylic acids is 1. The third kappa shape index (κ3) is 7.47. The average Bonchev–Trinajstić information content (AvgIpc) is 3.14. The molecule has 1 aromatic heterocycles. The van der Waals surface area contributed by atoms with Crippen molar-refractivity contribution in [2.75, 3.05) is 38.6 Å². The molecule has 1 saturated heterocycles. The van der Waals surface area contributed by atoms with Crippen LogP contribution in [0.5, 0.6) is 5.75 Å². The Morgan fingerprint density at radius 3 is 2.22 bits per heavy atom. The molecule has 9 nitrogen and oxygen atoms in total. The summed E-state index contributed by atoms with van der Waals surface area (Å²) in [5, 5.41) is 3.07. The second-order valence-electron chi connectivity index (χ2n) is 10.3. The summed E-state index contributed by atoms with van der Waals surface area (Å²) in [7, 11) is 1.57. The molecule has 0 bridgehead atoms. The predicted octanol–water partition coefficient (Wildman–Crippen LogP) is 5.28. The van der Waals surface area contributed by atoms with E-state index in [1.807, 2.05) is 32.9 Å². The van der Waals surface area contributed by atoms with Crippen LogP contribution in [-0.2, 0) is 16.1 Å². The van der Waals surface area contributed by atoms with Crippen molar-refractivity contribution in [2.24, 2.45) is 0 Å². The van der Waals surface area contributed by atoms with Gasteiger partial charge >= 0.3 is 6.09 Å². The van der Waals surface area contributed by atoms with Crippen LogP contribution in [0.25, 0.3) is 0 Å². The molecule has 1 aliphatic carbocycles. The Morgan fingerprint density at radius 1 is 1.00 bits per heavy atom. The molecule has 0 unspecified atom stereocenters. The van der Waals surface area contributed by atoms with Gasteiger partial charge in [-0.3, -0.25) is 0 Å². The van der Waals surface area contributed by atoms with E-state index in [1.54, 1.807) is 18.1 Å². The van der Waals surface area contributed by atoms with Gasteiger partial charge in [0.05, 0.1) is 30.8 Å². The Bertz CT molecular complexity index is 1340. The van der Waals surface area contributed by atoms with Gasteiger partial charge in [0.15, 0.2) is 29.0 Å². The molecule has 2 heterocycles. The van der Waals surface area contributed by atoms with Crippen LogP contribution in [0, 0.1) is 23.3 Å². The minimum Gasteiger partial charge on any atom is -0.495 e. The van der Waals surface area contributed by atoms with Crippen LogP contribution in [0.15, 0.2) is 53.8 Å². The van der Waals surface area contributed by atoms with Gasteiger partial charge in [0.25, 0.3) is 0 Å². The first-order valence-corrected chi connectivity index (χ1v) is 12.9. The second kappa shape index (κ2) is 12.5. The highest BCUT2D eigenvalue weighted by molar-refractivity contribution is 5.68. The molecule has 2 aliphatic rings. The van der Waals surface area contributed by atoms with Crippen molar-refractivity contribution in [1.29, 1.82) is 0 Å². The summed E-state index contributed by atoms with van der Waals surface area (Å²) in [5.41, 5.74) is 0.120. The average molecular weight is 578 g/mol. The maximum atomic E-state index is 13.9. The van der Waals surface area contributed by atoms with Gasteiger partial charge in [0.2, 0.25) is 5.95 Å². The Balaban J connectivity index is 1.35. The third-order valence-electron chi connectivity index (χ3n) is 6.15. The number of piperazine rings is 1. The summed E-state index contributed by atoms with van der Waals surface area (Å²) in [4.78, 5) is 24.5. The van der Waals surface area contributed by atoms with E-state index in [0.717, 1.165) is 5.70 Å². The van der Waals surface area contributed by atoms with Crippen molar-refractivity contribution in [3.63, 3.8) is 0 Å². The van der Waals surface area contributed by atoms with Gasteiger partial charge in [-0.05, 0) is 27.2 Å². The molecular weight excluding hydrogens is 546 g/mol. The summed E-state index contributed by atoms with van der Waals surface area (Å²) < 4.78 is 70.9. The maximum Gasteiger partial charge on any atom is 0.410 e. The van der Waals surface area contributed by atoms with Crippen LogP contribution < -0.4 is 10.1 Å². The quantitative estimate of drug-likeness (QED) is 0.352. The van der Waals surface area contributed by atoms with Crippen molar-refractivity contribution in [3.8, 4) is 5.75 Å². The van der Waals surface area contributed by atoms with Crippen molar-refractivity contribution in [2.45, 2.75) is 39.4 Å². The lowest BCUT2D eigenvalue weighted by atomic mass is 10.2. The van der Waals surface area contributed by atoms with E-state index in [9.17, 15) is 22.4 Å². The van der Waals surface area contributed by atoms with Crippen LogP contribution in [-0.4, -0.2) is 64.8 Å². The number of halogens is 4. The van der Waals surface area contributed by atoms with Gasteiger partial charge in [0.1, 0.15) is 18.0 Å². The molecule has 1 amide bonds. The molecule has 1 aliphatic heterocycles. The summed E-state index contributed by atoms with van der Waals surface area (Å²) >= 11 is 0. The molecule has 0 spiro atoms. The second-order valence-corrected chi connectivity index (χ2v) is 10.3. The zero-order valence-corrected chi connectivity index (χ0v) is 23.1. The lowest BCUT2D eigenvalue weighted by Crippen LogP contribution is -2.49. The van der Waals surface area contributed by atoms with Crippen LogP contribution >= 0.6 is 0 Å². The van der Waals surface area contributed by atoms with E-state index in [2.05, 4.69) is 20.2 Å². The van der Waals surface area contributed by atoms with Crippen LogP contribution in [0.4, 0.5) is 28.3 Å². The standard InChI is InChI=1S/C28H31F4N5O4/c1-28(2,3)41-27(38)37-10-8-36(9-11-37)22-7-5-6-17(12-23(22)39-4)35-26-33-14-18(15-34-26)40-16-19-24(31)20(29)13-21(30)25(19)32/h6-7,12-15H,5,8-11,16H2,1-4H3,(H,33,34,35). The predicted molar refractivity (Wildman–Crippen MR) is 142 cm³/mol. The SMILES string of the molecule is COC1=CC(Nc2ncc(OCc3c(F)c(F)cc(F)c3F)cn2)=CCC=C1N1CCN(C(=O)OC(C)(C)C)CC1. The Hall–Kier alpha value is -4.29. The van der Waals surface area contributed by atoms with Crippen LogP contribution in [0.1, 0.15) is 32.8 Å². The molecule has 1 aromatic carbocycles. The summed E-state index contributed by atoms with van der Waals surface area (Å²) in [6.07, 6.45) is 8.51. The van der Waals surface area contributed by atoms with Gasteiger partial charge in [0, 0.05) is 44.0 Å². The van der Waals surface area contributed by atoms with E-state index >= 15 is 0 Å². The first-order valence-electron chi connectivity index (χ1n) is 12.9. The minimum absolute atomic E-state index is 0.0384. The Kier molecular flexibility index (Phi) is 9.04. The first kappa shape index (κ1) is 29.7. The zero-order valence-electron chi connectivity index (χ0n) is 23.1. The number of nitrogens with one attached hydrogen (secondary N) is 1. The molecule has 13 heteroatoms. The molecular formula is C28H31F4N5O4. The van der Waals surface area contributed by atoms with Crippen LogP contribution in [0.2, 0.25) is 0 Å². The van der Waals surface area contributed by atoms with Gasteiger partial charge in [-0.1, -0.05) is 12.2 Å². The number of benzene rings is 1. The number of anilines is 1. The highest BCUT2D eigenvalue weighted by atomic mass is 19.2. The summed E-state index contributed by atoms with van der Waals surface area (Å²) in [6, 6.07) is 0.133. The molecule has 1 N–H and O–H groups in total. The topological polar surface area (TPSA) is 89.0 Å². The van der Waals surface area contributed by atoms with Gasteiger partial charge in [-0.25, -0.2) is 32.3 Å². The minimum atomic E-state index is -1.53. The fourth-order valence-corrected chi connectivity index (χ4v) is 4.15. The van der Waals surface area contributed by atoms with E-state index in [-0.39, 0.29) is 23.9 Å². The fraction of sp³-hybridized carbons (Fsp3) is 0.393. The molecule has 220 valence electrons. The number of hydrogen-bond acceptors (Lipinski definition) is 8. The highest BCUT2D eigenvalue weighted by Crippen LogP contribution is 2.25. The number of rotatable bonds is 7. The van der Waals surface area contributed by atoms with E-state index in [0.29, 0.717) is 44.1 Å². The molecule has 0 radical (unpaired) electrons. The van der Waals surface area contributed by atoms with E-state index in [1.165, 1.54) is 12.4 Å². The molecule has 0 saturated carbocycles. The third-order valence-corrected chi connectivity index (χ3v) is 6.15. The molecule has 41 heavy (non-hydrogen) atoms. The van der Waals surface area contributed by atoms with Gasteiger partial charge in [-0.15, -0.1) is 0 Å². The van der Waals surface area contributed by atoms with Crippen molar-refractivity contribution in [1.82, 2.24) is 19.8 Å². The molecule has 1 fully saturated rings. The largest absolute Gasteiger partial charge is 0.495 e. The number of allylic oxidation sites excluding steroid dienone is 3. The zero-order chi connectivity index (χ0) is 29.7. The monoisotopic (exact) mass is 577 g/mol. The normalized spacial score (nSPS) is 15.9. The number of amides is 1. The summed E-state index contributed by atoms with van der Waals surface area (Å²) in [5.74, 6) is -5.23. The van der Waals surface area contributed by atoms with Gasteiger partial charge in [-0.2, -0.15) is 0 Å². The van der Waals surface area contributed by atoms with Crippen molar-refractivity contribution < 1.29 is 36.6 Å². The maximum absolute atomic E-state index is 13.9. The van der Waals surface area contributed by atoms with E-state index < -0.39 is 41.0 Å². The molecule has 2 aromatic rings. The van der Waals surface area contributed by atoms with Crippen LogP contribution in [0.3, 0.4) is 0 Å². The Labute approximate surface area is 235 Å². The van der Waals surface area contributed by atoms with Gasteiger partial charge < -0.3 is 29.3 Å².